The number of anilines is 1. The number of rotatable bonds is 9. The molecule has 4 rings (SSSR count). The zero-order valence-electron chi connectivity index (χ0n) is 19.2. The van der Waals surface area contributed by atoms with E-state index >= 15 is 0 Å². The van der Waals surface area contributed by atoms with Crippen molar-refractivity contribution in [1.29, 1.82) is 0 Å². The van der Waals surface area contributed by atoms with Gasteiger partial charge in [-0.3, -0.25) is 28.5 Å². The number of hydrogen-bond donors (Lipinski definition) is 1. The summed E-state index contributed by atoms with van der Waals surface area (Å²) in [7, 11) is 0. The molecule has 1 saturated heterocycles. The van der Waals surface area contributed by atoms with E-state index in [1.807, 2.05) is 25.1 Å². The SMILES string of the molecule is CCCCn1c(=O)n(CCCCN2C(=O)C(C)N(c3ccccc3)C2=O)c(=O)c2[nH]c(Cl)nc21. The molecule has 1 unspecified atom stereocenters. The molecule has 2 aromatic heterocycles. The molecule has 3 amide bonds. The molecule has 10 nitrogen and oxygen atoms in total. The smallest absolute Gasteiger partial charge is 0.323 e. The fourth-order valence-corrected chi connectivity index (χ4v) is 4.42. The Morgan fingerprint density at radius 2 is 1.65 bits per heavy atom. The van der Waals surface area contributed by atoms with Crippen molar-refractivity contribution in [2.45, 2.75) is 58.7 Å². The fraction of sp³-hybridized carbons (Fsp3) is 0.435. The fourth-order valence-electron chi connectivity index (χ4n) is 4.25. The summed E-state index contributed by atoms with van der Waals surface area (Å²) < 4.78 is 2.63. The number of carbonyl (C=O) groups excluding carboxylic acids is 2. The van der Waals surface area contributed by atoms with Crippen LogP contribution < -0.4 is 16.1 Å². The van der Waals surface area contributed by atoms with Crippen LogP contribution >= 0.6 is 11.6 Å². The van der Waals surface area contributed by atoms with Crippen LogP contribution in [0, 0.1) is 0 Å². The molecule has 0 saturated carbocycles. The van der Waals surface area contributed by atoms with Crippen LogP contribution in [0.1, 0.15) is 39.5 Å². The number of benzene rings is 1. The minimum Gasteiger partial charge on any atom is -0.323 e. The van der Waals surface area contributed by atoms with Crippen LogP contribution in [0.4, 0.5) is 10.5 Å². The minimum atomic E-state index is -0.587. The van der Waals surface area contributed by atoms with Crippen LogP contribution in [0.15, 0.2) is 39.9 Å². The molecule has 34 heavy (non-hydrogen) atoms. The molecule has 11 heteroatoms. The molecule has 0 bridgehead atoms. The van der Waals surface area contributed by atoms with Crippen molar-refractivity contribution in [1.82, 2.24) is 24.0 Å². The molecule has 3 heterocycles. The molecule has 0 spiro atoms. The van der Waals surface area contributed by atoms with E-state index in [4.69, 9.17) is 11.6 Å². The molecule has 1 fully saturated rings. The minimum absolute atomic E-state index is 0.0534. The third-order valence-corrected chi connectivity index (χ3v) is 6.24. The van der Waals surface area contributed by atoms with Crippen LogP contribution in [-0.2, 0) is 17.9 Å². The Bertz CT molecular complexity index is 1330. The number of hydrogen-bond acceptors (Lipinski definition) is 5. The highest BCUT2D eigenvalue weighted by Crippen LogP contribution is 2.25. The first-order valence-electron chi connectivity index (χ1n) is 11.4. The molecule has 180 valence electrons. The van der Waals surface area contributed by atoms with Gasteiger partial charge >= 0.3 is 11.7 Å². The Morgan fingerprint density at radius 1 is 0.971 bits per heavy atom. The van der Waals surface area contributed by atoms with Gasteiger partial charge in [-0.1, -0.05) is 31.5 Å². The van der Waals surface area contributed by atoms with E-state index in [0.29, 0.717) is 25.1 Å². The van der Waals surface area contributed by atoms with Gasteiger partial charge in [-0.25, -0.2) is 9.59 Å². The van der Waals surface area contributed by atoms with E-state index in [-0.39, 0.29) is 41.5 Å². The van der Waals surface area contributed by atoms with E-state index in [2.05, 4.69) is 9.97 Å². The summed E-state index contributed by atoms with van der Waals surface area (Å²) in [4.78, 5) is 61.1. The number of amides is 3. The van der Waals surface area contributed by atoms with Crippen LogP contribution in [-0.4, -0.2) is 48.5 Å². The van der Waals surface area contributed by atoms with Gasteiger partial charge in [0.15, 0.2) is 11.2 Å². The van der Waals surface area contributed by atoms with E-state index in [0.717, 1.165) is 12.8 Å². The normalized spacial score (nSPS) is 16.3. The van der Waals surface area contributed by atoms with Gasteiger partial charge in [0, 0.05) is 25.3 Å². The van der Waals surface area contributed by atoms with E-state index in [9.17, 15) is 19.2 Å². The molecule has 0 radical (unpaired) electrons. The van der Waals surface area contributed by atoms with Gasteiger partial charge in [-0.2, -0.15) is 4.98 Å². The maximum Gasteiger partial charge on any atom is 0.332 e. The molecule has 1 atom stereocenters. The Kier molecular flexibility index (Phi) is 6.87. The summed E-state index contributed by atoms with van der Waals surface area (Å²) in [6.07, 6.45) is 2.52. The molecular weight excluding hydrogens is 460 g/mol. The highest BCUT2D eigenvalue weighted by molar-refractivity contribution is 6.29. The van der Waals surface area contributed by atoms with E-state index in [1.165, 1.54) is 18.9 Å². The molecule has 0 aliphatic carbocycles. The lowest BCUT2D eigenvalue weighted by Gasteiger charge is -2.19. The standard InChI is InChI=1S/C23H27ClN6O4/c1-3-4-12-27-18-17(25-21(24)26-18)20(32)29(22(27)33)14-9-8-13-28-19(31)15(2)30(23(28)34)16-10-6-5-7-11-16/h5-7,10-11,15H,3-4,8-9,12-14H2,1-2H3,(H,25,26). The maximum atomic E-state index is 13.0. The molecular formula is C23H27ClN6O4. The number of halogens is 1. The second kappa shape index (κ2) is 9.84. The molecule has 1 N–H and O–H groups in total. The van der Waals surface area contributed by atoms with Crippen molar-refractivity contribution in [2.75, 3.05) is 11.4 Å². The lowest BCUT2D eigenvalue weighted by Crippen LogP contribution is -2.40. The number of imidazole rings is 1. The number of aromatic amines is 1. The lowest BCUT2D eigenvalue weighted by atomic mass is 10.2. The summed E-state index contributed by atoms with van der Waals surface area (Å²) in [6, 6.07) is 8.11. The second-order valence-corrected chi connectivity index (χ2v) is 8.69. The number of aryl methyl sites for hydroxylation is 1. The first-order valence-corrected chi connectivity index (χ1v) is 11.8. The van der Waals surface area contributed by atoms with E-state index < -0.39 is 17.3 Å². The predicted octanol–water partition coefficient (Wildman–Crippen LogP) is 2.98. The number of fused-ring (bicyclic) bond motifs is 1. The summed E-state index contributed by atoms with van der Waals surface area (Å²) >= 11 is 5.96. The third-order valence-electron chi connectivity index (χ3n) is 6.06. The van der Waals surface area contributed by atoms with Crippen molar-refractivity contribution in [3.63, 3.8) is 0 Å². The summed E-state index contributed by atoms with van der Waals surface area (Å²) in [5.41, 5.74) is 0.197. The Labute approximate surface area is 200 Å². The number of nitrogens with one attached hydrogen (secondary N) is 1. The second-order valence-electron chi connectivity index (χ2n) is 8.33. The van der Waals surface area contributed by atoms with Gasteiger partial charge < -0.3 is 4.98 Å². The number of unbranched alkanes of at least 4 members (excludes halogenated alkanes) is 2. The number of urea groups is 1. The monoisotopic (exact) mass is 486 g/mol. The van der Waals surface area contributed by atoms with Crippen molar-refractivity contribution in [2.24, 2.45) is 0 Å². The molecule has 1 aliphatic rings. The van der Waals surface area contributed by atoms with Crippen molar-refractivity contribution in [3.05, 3.63) is 56.5 Å². The van der Waals surface area contributed by atoms with Crippen LogP contribution in [0.5, 0.6) is 0 Å². The first-order chi connectivity index (χ1) is 16.3. The number of H-pyrrole nitrogens is 1. The van der Waals surface area contributed by atoms with Gasteiger partial charge in [0.25, 0.3) is 11.5 Å². The van der Waals surface area contributed by atoms with Gasteiger partial charge in [-0.05, 0) is 49.9 Å². The van der Waals surface area contributed by atoms with Crippen LogP contribution in [0.25, 0.3) is 11.2 Å². The van der Waals surface area contributed by atoms with Crippen LogP contribution in [0.3, 0.4) is 0 Å². The van der Waals surface area contributed by atoms with Crippen LogP contribution in [0.2, 0.25) is 5.28 Å². The van der Waals surface area contributed by atoms with E-state index in [1.54, 1.807) is 19.1 Å². The number of carbonyl (C=O) groups is 2. The van der Waals surface area contributed by atoms with Crippen molar-refractivity contribution < 1.29 is 9.59 Å². The predicted molar refractivity (Wildman–Crippen MR) is 129 cm³/mol. The third kappa shape index (κ3) is 4.25. The maximum absolute atomic E-state index is 13.0. The molecule has 3 aromatic rings. The Morgan fingerprint density at radius 3 is 2.35 bits per heavy atom. The van der Waals surface area contributed by atoms with Crippen molar-refractivity contribution >= 4 is 40.4 Å². The van der Waals surface area contributed by atoms with Gasteiger partial charge in [0.2, 0.25) is 5.28 Å². The average molecular weight is 487 g/mol. The zero-order valence-corrected chi connectivity index (χ0v) is 19.9. The summed E-state index contributed by atoms with van der Waals surface area (Å²) in [5, 5.41) is 0.0534. The first kappa shape index (κ1) is 23.7. The number of nitrogens with zero attached hydrogens (tertiary/aromatic N) is 5. The lowest BCUT2D eigenvalue weighted by molar-refractivity contribution is -0.126. The highest BCUT2D eigenvalue weighted by Gasteiger charge is 2.42. The number of aromatic nitrogens is 4. The number of para-hydroxylation sites is 1. The summed E-state index contributed by atoms with van der Waals surface area (Å²) in [5.74, 6) is -0.263. The topological polar surface area (TPSA) is 113 Å². The Hall–Kier alpha value is -3.40. The number of imide groups is 1. The molecule has 1 aliphatic heterocycles. The highest BCUT2D eigenvalue weighted by atomic mass is 35.5. The van der Waals surface area contributed by atoms with Gasteiger partial charge in [0.1, 0.15) is 6.04 Å². The van der Waals surface area contributed by atoms with Gasteiger partial charge in [-0.15, -0.1) is 0 Å². The van der Waals surface area contributed by atoms with Gasteiger partial charge in [0.05, 0.1) is 0 Å². The Balaban J connectivity index is 1.47. The zero-order chi connectivity index (χ0) is 24.4. The summed E-state index contributed by atoms with van der Waals surface area (Å²) in [6.45, 7) is 4.51. The average Bonchev–Trinajstić information content (AvgIpc) is 3.31. The quantitative estimate of drug-likeness (QED) is 0.284. The van der Waals surface area contributed by atoms with Crippen molar-refractivity contribution in [3.8, 4) is 0 Å². The molecule has 1 aromatic carbocycles. The largest absolute Gasteiger partial charge is 0.332 e.